The van der Waals surface area contributed by atoms with Gasteiger partial charge in [0, 0.05) is 7.05 Å². The summed E-state index contributed by atoms with van der Waals surface area (Å²) >= 11 is 0. The van der Waals surface area contributed by atoms with Crippen molar-refractivity contribution in [3.05, 3.63) is 71.8 Å². The fourth-order valence-corrected chi connectivity index (χ4v) is 4.16. The zero-order chi connectivity index (χ0) is 20.0. The Morgan fingerprint density at radius 3 is 1.96 bits per heavy atom. The Morgan fingerprint density at radius 2 is 1.50 bits per heavy atom. The lowest BCUT2D eigenvalue weighted by molar-refractivity contribution is -0.136. The van der Waals surface area contributed by atoms with Gasteiger partial charge in [-0.3, -0.25) is 10.1 Å². The van der Waals surface area contributed by atoms with Crippen LogP contribution in [0.25, 0.3) is 0 Å². The molecule has 2 aromatic rings. The van der Waals surface area contributed by atoms with Crippen molar-refractivity contribution in [2.24, 2.45) is 0 Å². The Bertz CT molecular complexity index is 767. The lowest BCUT2D eigenvalue weighted by Crippen LogP contribution is -2.55. The molecule has 3 rings (SSSR count). The first-order valence-corrected chi connectivity index (χ1v) is 10.1. The Morgan fingerprint density at radius 1 is 1.00 bits per heavy atom. The number of nitrogens with one attached hydrogen (secondary N) is 1. The highest BCUT2D eigenvalue weighted by molar-refractivity contribution is 5.82. The van der Waals surface area contributed by atoms with E-state index in [1.807, 2.05) is 43.3 Å². The monoisotopic (exact) mass is 375 g/mol. The molecule has 0 aromatic heterocycles. The predicted molar refractivity (Wildman–Crippen MR) is 112 cm³/mol. The van der Waals surface area contributed by atoms with Crippen molar-refractivity contribution in [1.29, 1.82) is 5.26 Å². The molecule has 4 nitrogen and oxygen atoms in total. The van der Waals surface area contributed by atoms with Crippen LogP contribution in [-0.4, -0.2) is 29.4 Å². The second-order valence-electron chi connectivity index (χ2n) is 7.74. The number of hydrogen-bond acceptors (Lipinski definition) is 3. The van der Waals surface area contributed by atoms with Gasteiger partial charge in [0.05, 0.1) is 18.2 Å². The van der Waals surface area contributed by atoms with Crippen molar-refractivity contribution >= 4 is 5.91 Å². The van der Waals surface area contributed by atoms with Gasteiger partial charge in [-0.15, -0.1) is 0 Å². The average molecular weight is 376 g/mol. The molecule has 0 radical (unpaired) electrons. The molecule has 0 spiro atoms. The molecule has 0 bridgehead atoms. The van der Waals surface area contributed by atoms with E-state index in [1.54, 1.807) is 11.9 Å². The van der Waals surface area contributed by atoms with E-state index in [-0.39, 0.29) is 11.9 Å². The molecule has 1 atom stereocenters. The van der Waals surface area contributed by atoms with Gasteiger partial charge in [-0.25, -0.2) is 0 Å². The molecule has 0 saturated heterocycles. The van der Waals surface area contributed by atoms with Crippen LogP contribution in [-0.2, 0) is 4.79 Å². The van der Waals surface area contributed by atoms with Crippen LogP contribution in [0.15, 0.2) is 60.7 Å². The van der Waals surface area contributed by atoms with E-state index < -0.39 is 11.6 Å². The third kappa shape index (κ3) is 4.26. The molecule has 0 unspecified atom stereocenters. The highest BCUT2D eigenvalue weighted by Gasteiger charge is 2.40. The number of hydrogen-bond donors (Lipinski definition) is 1. The molecule has 1 aliphatic rings. The zero-order valence-corrected chi connectivity index (χ0v) is 16.8. The fourth-order valence-electron chi connectivity index (χ4n) is 4.16. The smallest absolute Gasteiger partial charge is 0.240 e. The van der Waals surface area contributed by atoms with Crippen molar-refractivity contribution in [1.82, 2.24) is 10.2 Å². The van der Waals surface area contributed by atoms with Crippen LogP contribution in [0.2, 0.25) is 0 Å². The second kappa shape index (κ2) is 9.03. The molecule has 2 aromatic carbocycles. The SMILES string of the molecule is C[C@@H](NC(c1ccccc1)c1ccccc1)C(=O)N(C)C1(C#N)CCCCC1. The number of carbonyl (C=O) groups excluding carboxylic acids is 1. The zero-order valence-electron chi connectivity index (χ0n) is 16.8. The van der Waals surface area contributed by atoms with Crippen LogP contribution in [0.4, 0.5) is 0 Å². The van der Waals surface area contributed by atoms with Crippen LogP contribution in [0, 0.1) is 11.3 Å². The number of rotatable bonds is 6. The second-order valence-corrected chi connectivity index (χ2v) is 7.74. The number of nitrogens with zero attached hydrogens (tertiary/aromatic N) is 2. The van der Waals surface area contributed by atoms with Crippen molar-refractivity contribution < 1.29 is 4.79 Å². The minimum atomic E-state index is -0.666. The van der Waals surface area contributed by atoms with Crippen LogP contribution < -0.4 is 5.32 Å². The summed E-state index contributed by atoms with van der Waals surface area (Å²) in [6.07, 6.45) is 4.68. The third-order valence-corrected chi connectivity index (χ3v) is 5.91. The topological polar surface area (TPSA) is 56.1 Å². The van der Waals surface area contributed by atoms with E-state index in [9.17, 15) is 10.1 Å². The molecular formula is C24H29N3O. The van der Waals surface area contributed by atoms with Gasteiger partial charge >= 0.3 is 0 Å². The van der Waals surface area contributed by atoms with Crippen molar-refractivity contribution in [2.75, 3.05) is 7.05 Å². The summed E-state index contributed by atoms with van der Waals surface area (Å²) in [5.74, 6) is -0.0275. The van der Waals surface area contributed by atoms with E-state index in [0.29, 0.717) is 0 Å². The molecule has 0 heterocycles. The number of nitriles is 1. The standard InChI is InChI=1S/C24H29N3O/c1-19(23(28)27(2)24(18-25)16-10-5-11-17-24)26-22(20-12-6-3-7-13-20)21-14-8-4-9-15-21/h3-4,6-9,12-15,19,22,26H,5,10-11,16-17H2,1-2H3/t19-/m1/s1. The maximum absolute atomic E-state index is 13.2. The van der Waals surface area contributed by atoms with Gasteiger partial charge in [0.1, 0.15) is 5.54 Å². The third-order valence-electron chi connectivity index (χ3n) is 5.91. The summed E-state index contributed by atoms with van der Waals surface area (Å²) in [5.41, 5.74) is 1.56. The molecule has 28 heavy (non-hydrogen) atoms. The van der Waals surface area contributed by atoms with E-state index in [1.165, 1.54) is 0 Å². The minimum absolute atomic E-state index is 0.0275. The van der Waals surface area contributed by atoms with Gasteiger partial charge in [0.25, 0.3) is 0 Å². The van der Waals surface area contributed by atoms with Gasteiger partial charge < -0.3 is 4.90 Å². The summed E-state index contributed by atoms with van der Waals surface area (Å²) in [4.78, 5) is 14.9. The van der Waals surface area contributed by atoms with Crippen molar-refractivity contribution in [3.8, 4) is 6.07 Å². The maximum Gasteiger partial charge on any atom is 0.240 e. The number of benzene rings is 2. The van der Waals surface area contributed by atoms with Gasteiger partial charge in [0.2, 0.25) is 5.91 Å². The average Bonchev–Trinajstić information content (AvgIpc) is 2.77. The van der Waals surface area contributed by atoms with Gasteiger partial charge in [0.15, 0.2) is 0 Å². The van der Waals surface area contributed by atoms with E-state index >= 15 is 0 Å². The van der Waals surface area contributed by atoms with Crippen LogP contribution in [0.5, 0.6) is 0 Å². The first kappa shape index (κ1) is 20.1. The molecule has 1 saturated carbocycles. The van der Waals surface area contributed by atoms with E-state index in [4.69, 9.17) is 0 Å². The van der Waals surface area contributed by atoms with Crippen LogP contribution in [0.1, 0.15) is 56.2 Å². The quantitative estimate of drug-likeness (QED) is 0.812. The molecule has 1 fully saturated rings. The van der Waals surface area contributed by atoms with Gasteiger partial charge in [-0.05, 0) is 30.9 Å². The number of carbonyl (C=O) groups is 1. The molecule has 1 amide bonds. The fraction of sp³-hybridized carbons (Fsp3) is 0.417. The van der Waals surface area contributed by atoms with Crippen LogP contribution >= 0.6 is 0 Å². The Balaban J connectivity index is 1.81. The maximum atomic E-state index is 13.2. The van der Waals surface area contributed by atoms with Crippen molar-refractivity contribution in [3.63, 3.8) is 0 Å². The summed E-state index contributed by atoms with van der Waals surface area (Å²) in [6, 6.07) is 22.3. The van der Waals surface area contributed by atoms with E-state index in [0.717, 1.165) is 43.2 Å². The minimum Gasteiger partial charge on any atom is -0.326 e. The Labute approximate surface area is 168 Å². The molecular weight excluding hydrogens is 346 g/mol. The first-order valence-electron chi connectivity index (χ1n) is 10.1. The van der Waals surface area contributed by atoms with Crippen molar-refractivity contribution in [2.45, 2.75) is 56.7 Å². The first-order chi connectivity index (χ1) is 13.6. The molecule has 0 aliphatic heterocycles. The Kier molecular flexibility index (Phi) is 6.49. The lowest BCUT2D eigenvalue weighted by Gasteiger charge is -2.40. The highest BCUT2D eigenvalue weighted by atomic mass is 16.2. The Hall–Kier alpha value is -2.64. The molecule has 1 N–H and O–H groups in total. The lowest BCUT2D eigenvalue weighted by atomic mass is 9.81. The van der Waals surface area contributed by atoms with E-state index in [2.05, 4.69) is 35.7 Å². The largest absolute Gasteiger partial charge is 0.326 e. The van der Waals surface area contributed by atoms with Gasteiger partial charge in [-0.2, -0.15) is 5.26 Å². The predicted octanol–water partition coefficient (Wildman–Crippen LogP) is 4.44. The van der Waals surface area contributed by atoms with Gasteiger partial charge in [-0.1, -0.05) is 79.9 Å². The highest BCUT2D eigenvalue weighted by Crippen LogP contribution is 2.33. The normalized spacial score (nSPS) is 16.9. The molecule has 146 valence electrons. The molecule has 1 aliphatic carbocycles. The van der Waals surface area contributed by atoms with Crippen LogP contribution in [0.3, 0.4) is 0 Å². The summed E-state index contributed by atoms with van der Waals surface area (Å²) in [7, 11) is 1.79. The number of amides is 1. The summed E-state index contributed by atoms with van der Waals surface area (Å²) in [5, 5.41) is 13.3. The summed E-state index contributed by atoms with van der Waals surface area (Å²) < 4.78 is 0. The molecule has 4 heteroatoms. The number of likely N-dealkylation sites (N-methyl/N-ethyl adjacent to an activating group) is 1. The summed E-state index contributed by atoms with van der Waals surface area (Å²) in [6.45, 7) is 1.89.